The van der Waals surface area contributed by atoms with Gasteiger partial charge in [-0.05, 0) is 24.3 Å². The van der Waals surface area contributed by atoms with E-state index >= 15 is 0 Å². The Morgan fingerprint density at radius 1 is 1.26 bits per heavy atom. The first kappa shape index (κ1) is 11.1. The van der Waals surface area contributed by atoms with Crippen LogP contribution >= 0.6 is 0 Å². The number of H-pyrrole nitrogens is 1. The fourth-order valence-electron chi connectivity index (χ4n) is 1.64. The van der Waals surface area contributed by atoms with Crippen molar-refractivity contribution < 1.29 is 4.79 Å². The van der Waals surface area contributed by atoms with Crippen LogP contribution in [0.4, 0.5) is 5.95 Å². The van der Waals surface area contributed by atoms with Crippen LogP contribution in [-0.2, 0) is 0 Å². The van der Waals surface area contributed by atoms with Gasteiger partial charge >= 0.3 is 0 Å². The number of rotatable bonds is 3. The summed E-state index contributed by atoms with van der Waals surface area (Å²) in [6, 6.07) is 7.16. The number of nitrogens with zero attached hydrogens (tertiary/aromatic N) is 4. The predicted molar refractivity (Wildman–Crippen MR) is 67.9 cm³/mol. The predicted octanol–water partition coefficient (Wildman–Crippen LogP) is 1.24. The van der Waals surface area contributed by atoms with E-state index in [-0.39, 0.29) is 5.91 Å². The fraction of sp³-hybridized carbons (Fsp3) is 0. The molecule has 3 aromatic rings. The van der Waals surface area contributed by atoms with E-state index in [1.165, 1.54) is 6.33 Å². The quantitative estimate of drug-likeness (QED) is 0.736. The largest absolute Gasteiger partial charge is 0.306 e. The minimum atomic E-state index is -0.242. The van der Waals surface area contributed by atoms with Crippen molar-refractivity contribution in [3.8, 4) is 5.69 Å². The third kappa shape index (κ3) is 2.34. The highest BCUT2D eigenvalue weighted by Gasteiger charge is 2.07. The Labute approximate surface area is 108 Å². The molecule has 0 bridgehead atoms. The van der Waals surface area contributed by atoms with Gasteiger partial charge in [-0.15, -0.1) is 0 Å². The molecule has 0 saturated carbocycles. The zero-order chi connectivity index (χ0) is 13.1. The van der Waals surface area contributed by atoms with Gasteiger partial charge in [0.05, 0.1) is 6.33 Å². The molecule has 2 heterocycles. The minimum Gasteiger partial charge on any atom is -0.306 e. The number of benzene rings is 1. The summed E-state index contributed by atoms with van der Waals surface area (Å²) in [7, 11) is 0. The molecule has 1 aromatic carbocycles. The third-order valence-corrected chi connectivity index (χ3v) is 2.58. The van der Waals surface area contributed by atoms with E-state index in [0.29, 0.717) is 11.5 Å². The summed E-state index contributed by atoms with van der Waals surface area (Å²) in [6.45, 7) is 0. The van der Waals surface area contributed by atoms with Gasteiger partial charge in [0, 0.05) is 23.6 Å². The van der Waals surface area contributed by atoms with Crippen LogP contribution < -0.4 is 5.32 Å². The van der Waals surface area contributed by atoms with Crippen molar-refractivity contribution in [2.45, 2.75) is 0 Å². The highest BCUT2D eigenvalue weighted by atomic mass is 16.1. The molecule has 2 N–H and O–H groups in total. The number of hydrogen-bond acceptors (Lipinski definition) is 4. The van der Waals surface area contributed by atoms with Gasteiger partial charge in [0.1, 0.15) is 6.33 Å². The van der Waals surface area contributed by atoms with Gasteiger partial charge in [0.2, 0.25) is 5.95 Å². The number of anilines is 1. The Morgan fingerprint density at radius 3 is 2.74 bits per heavy atom. The van der Waals surface area contributed by atoms with Gasteiger partial charge in [0.15, 0.2) is 0 Å². The second-order valence-electron chi connectivity index (χ2n) is 3.81. The molecule has 0 aliphatic rings. The van der Waals surface area contributed by atoms with Crippen molar-refractivity contribution in [2.24, 2.45) is 0 Å². The molecule has 7 heteroatoms. The molecule has 0 radical (unpaired) electrons. The summed E-state index contributed by atoms with van der Waals surface area (Å²) in [6.07, 6.45) is 6.56. The zero-order valence-corrected chi connectivity index (χ0v) is 9.82. The molecule has 0 unspecified atom stereocenters. The van der Waals surface area contributed by atoms with E-state index in [1.807, 2.05) is 22.9 Å². The monoisotopic (exact) mass is 254 g/mol. The van der Waals surface area contributed by atoms with Gasteiger partial charge in [-0.3, -0.25) is 10.1 Å². The molecule has 2 aromatic heterocycles. The lowest BCUT2D eigenvalue weighted by atomic mass is 10.2. The molecule has 1 amide bonds. The summed E-state index contributed by atoms with van der Waals surface area (Å²) in [4.78, 5) is 19.7. The summed E-state index contributed by atoms with van der Waals surface area (Å²) in [5, 5.41) is 8.83. The van der Waals surface area contributed by atoms with Crippen LogP contribution in [0.15, 0.2) is 49.3 Å². The molecule has 94 valence electrons. The number of aromatic amines is 1. The first-order valence-corrected chi connectivity index (χ1v) is 5.58. The lowest BCUT2D eigenvalue weighted by Crippen LogP contribution is -2.13. The first-order valence-electron chi connectivity index (χ1n) is 5.58. The number of imidazole rings is 1. The lowest BCUT2D eigenvalue weighted by Gasteiger charge is -2.04. The third-order valence-electron chi connectivity index (χ3n) is 2.58. The number of carbonyl (C=O) groups is 1. The Bertz CT molecular complexity index is 657. The minimum absolute atomic E-state index is 0.242. The number of amides is 1. The van der Waals surface area contributed by atoms with Crippen molar-refractivity contribution in [2.75, 3.05) is 5.32 Å². The van der Waals surface area contributed by atoms with Crippen LogP contribution in [0.5, 0.6) is 0 Å². The zero-order valence-electron chi connectivity index (χ0n) is 9.82. The lowest BCUT2D eigenvalue weighted by molar-refractivity contribution is 0.102. The topological polar surface area (TPSA) is 88.5 Å². The summed E-state index contributed by atoms with van der Waals surface area (Å²) >= 11 is 0. The van der Waals surface area contributed by atoms with E-state index in [2.05, 4.69) is 25.5 Å². The van der Waals surface area contributed by atoms with Gasteiger partial charge in [0.25, 0.3) is 5.91 Å². The van der Waals surface area contributed by atoms with E-state index in [0.717, 1.165) is 5.69 Å². The summed E-state index contributed by atoms with van der Waals surface area (Å²) in [5.41, 5.74) is 1.48. The van der Waals surface area contributed by atoms with Crippen molar-refractivity contribution in [3.05, 3.63) is 54.9 Å². The van der Waals surface area contributed by atoms with E-state index in [1.54, 1.807) is 24.7 Å². The number of aromatic nitrogens is 5. The first-order chi connectivity index (χ1) is 9.33. The SMILES string of the molecule is O=C(Nc1ncn[nH]1)c1ccc(-n2ccnc2)cc1. The van der Waals surface area contributed by atoms with E-state index in [4.69, 9.17) is 0 Å². The Balaban J connectivity index is 1.77. The van der Waals surface area contributed by atoms with E-state index in [9.17, 15) is 4.79 Å². The Hall–Kier alpha value is -2.96. The van der Waals surface area contributed by atoms with Crippen molar-refractivity contribution >= 4 is 11.9 Å². The van der Waals surface area contributed by atoms with Gasteiger partial charge in [-0.25, -0.2) is 10.1 Å². The normalized spacial score (nSPS) is 10.3. The molecular formula is C12H10N6O. The molecule has 0 spiro atoms. The number of carbonyl (C=O) groups excluding carboxylic acids is 1. The number of hydrogen-bond donors (Lipinski definition) is 2. The molecule has 0 atom stereocenters. The fourth-order valence-corrected chi connectivity index (χ4v) is 1.64. The summed E-state index contributed by atoms with van der Waals surface area (Å²) < 4.78 is 1.86. The molecular weight excluding hydrogens is 244 g/mol. The maximum Gasteiger partial charge on any atom is 0.258 e. The van der Waals surface area contributed by atoms with Crippen LogP contribution in [0.25, 0.3) is 5.69 Å². The molecule has 3 rings (SSSR count). The number of nitrogens with one attached hydrogen (secondary N) is 2. The van der Waals surface area contributed by atoms with Gasteiger partial charge < -0.3 is 4.57 Å². The highest BCUT2D eigenvalue weighted by Crippen LogP contribution is 2.10. The maximum atomic E-state index is 11.9. The van der Waals surface area contributed by atoms with Crippen LogP contribution in [-0.4, -0.2) is 30.6 Å². The smallest absolute Gasteiger partial charge is 0.258 e. The van der Waals surface area contributed by atoms with Crippen LogP contribution in [0.3, 0.4) is 0 Å². The molecule has 0 fully saturated rings. The van der Waals surface area contributed by atoms with Gasteiger partial charge in [-0.2, -0.15) is 10.1 Å². The molecule has 0 aliphatic carbocycles. The van der Waals surface area contributed by atoms with Crippen molar-refractivity contribution in [1.29, 1.82) is 0 Å². The van der Waals surface area contributed by atoms with Gasteiger partial charge in [-0.1, -0.05) is 0 Å². The molecule has 19 heavy (non-hydrogen) atoms. The average Bonchev–Trinajstić information content (AvgIpc) is 3.12. The second kappa shape index (κ2) is 4.73. The Morgan fingerprint density at radius 2 is 2.11 bits per heavy atom. The summed E-state index contributed by atoms with van der Waals surface area (Å²) in [5.74, 6) is 0.0811. The van der Waals surface area contributed by atoms with Crippen LogP contribution in [0.2, 0.25) is 0 Å². The van der Waals surface area contributed by atoms with Crippen LogP contribution in [0, 0.1) is 0 Å². The van der Waals surface area contributed by atoms with E-state index < -0.39 is 0 Å². The van der Waals surface area contributed by atoms with Crippen molar-refractivity contribution in [3.63, 3.8) is 0 Å². The second-order valence-corrected chi connectivity index (χ2v) is 3.81. The average molecular weight is 254 g/mol. The highest BCUT2D eigenvalue weighted by molar-refractivity contribution is 6.03. The standard InChI is InChI=1S/C12H10N6O/c19-11(16-12-14-7-15-17-12)9-1-3-10(4-2-9)18-6-5-13-8-18/h1-8H,(H2,14,15,16,17,19). The Kier molecular flexibility index (Phi) is 2.77. The maximum absolute atomic E-state index is 11.9. The van der Waals surface area contributed by atoms with Crippen LogP contribution in [0.1, 0.15) is 10.4 Å². The molecule has 7 nitrogen and oxygen atoms in total. The van der Waals surface area contributed by atoms with Crippen molar-refractivity contribution in [1.82, 2.24) is 24.7 Å². The molecule has 0 saturated heterocycles. The molecule has 0 aliphatic heterocycles.